The maximum Gasteiger partial charge on any atom is 3.00 e. The van der Waals surface area contributed by atoms with Crippen LogP contribution in [0, 0.1) is 26.8 Å². The van der Waals surface area contributed by atoms with Crippen molar-refractivity contribution in [1.82, 2.24) is 0 Å². The van der Waals surface area contributed by atoms with Crippen LogP contribution in [-0.4, -0.2) is 11.0 Å². The largest absolute Gasteiger partial charge is 3.00 e. The number of hydrogen-bond acceptors (Lipinski definition) is 0. The molecule has 0 saturated carbocycles. The predicted molar refractivity (Wildman–Crippen MR) is 89.1 cm³/mol. The summed E-state index contributed by atoms with van der Waals surface area (Å²) in [7, 11) is 0. The van der Waals surface area contributed by atoms with E-state index in [1.54, 1.807) is 6.08 Å². The van der Waals surface area contributed by atoms with Gasteiger partial charge in [0, 0.05) is 0 Å². The van der Waals surface area contributed by atoms with Gasteiger partial charge in [-0.05, 0) is 17.9 Å². The summed E-state index contributed by atoms with van der Waals surface area (Å²) in [4.78, 5) is 0. The molecule has 0 aromatic rings. The van der Waals surface area contributed by atoms with Crippen LogP contribution in [0.25, 0.3) is 0 Å². The molecule has 0 N–H and O–H groups in total. The molecule has 2 heteroatoms. The van der Waals surface area contributed by atoms with Crippen molar-refractivity contribution in [2.75, 3.05) is 0 Å². The Kier molecular flexibility index (Phi) is 28.8. The SMILES string of the molecule is C=CC=CC.CC1=[C-]C(C)C(C)=C1C.[CH3-].[CH3-].[SiH4].[Ti+3]. The van der Waals surface area contributed by atoms with Crippen molar-refractivity contribution < 1.29 is 21.7 Å². The molecule has 0 aliphatic heterocycles. The molecule has 0 bridgehead atoms. The molecule has 0 nitrogen and oxygen atoms in total. The van der Waals surface area contributed by atoms with Gasteiger partial charge in [-0.3, -0.25) is 6.08 Å². The number of allylic oxidation sites excluding steroid dienone is 7. The van der Waals surface area contributed by atoms with Crippen molar-refractivity contribution in [2.45, 2.75) is 34.6 Å². The van der Waals surface area contributed by atoms with Gasteiger partial charge < -0.3 is 14.9 Å². The summed E-state index contributed by atoms with van der Waals surface area (Å²) >= 11 is 0. The Labute approximate surface area is 135 Å². The van der Waals surface area contributed by atoms with Crippen molar-refractivity contribution in [2.24, 2.45) is 5.92 Å². The van der Waals surface area contributed by atoms with Gasteiger partial charge in [-0.25, -0.2) is 5.57 Å². The van der Waals surface area contributed by atoms with Crippen LogP contribution in [0.15, 0.2) is 41.5 Å². The van der Waals surface area contributed by atoms with Crippen LogP contribution < -0.4 is 0 Å². The van der Waals surface area contributed by atoms with Gasteiger partial charge in [0.1, 0.15) is 0 Å². The van der Waals surface area contributed by atoms with Gasteiger partial charge in [-0.1, -0.05) is 51.5 Å². The third-order valence-corrected chi connectivity index (χ3v) is 2.57. The molecule has 1 atom stereocenters. The van der Waals surface area contributed by atoms with Crippen LogP contribution in [0.4, 0.5) is 0 Å². The van der Waals surface area contributed by atoms with E-state index in [2.05, 4.69) is 40.3 Å². The van der Waals surface area contributed by atoms with E-state index >= 15 is 0 Å². The molecule has 1 aliphatic rings. The van der Waals surface area contributed by atoms with Crippen LogP contribution in [0.3, 0.4) is 0 Å². The normalized spacial score (nSPS) is 16.1. The molecular formula is C16H31SiTi. The Bertz CT molecular complexity index is 285. The number of hydrogen-bond donors (Lipinski definition) is 0. The summed E-state index contributed by atoms with van der Waals surface area (Å²) in [6.45, 7) is 14.1. The minimum Gasteiger partial charge on any atom is -0.358 e. The molecule has 1 aliphatic carbocycles. The molecule has 1 rings (SSSR count). The second-order valence-electron chi connectivity index (χ2n) is 3.56. The molecule has 0 aromatic heterocycles. The van der Waals surface area contributed by atoms with Crippen molar-refractivity contribution in [3.05, 3.63) is 62.5 Å². The van der Waals surface area contributed by atoms with Crippen LogP contribution in [-0.2, 0) is 21.7 Å². The van der Waals surface area contributed by atoms with Gasteiger partial charge in [0.2, 0.25) is 0 Å². The minimum absolute atomic E-state index is 0. The summed E-state index contributed by atoms with van der Waals surface area (Å²) in [5, 5.41) is 0. The smallest absolute Gasteiger partial charge is 0.358 e. The van der Waals surface area contributed by atoms with E-state index in [1.807, 2.05) is 19.1 Å². The molecule has 1 radical (unpaired) electrons. The fraction of sp³-hybridized carbons (Fsp3) is 0.375. The molecule has 0 fully saturated rings. The van der Waals surface area contributed by atoms with E-state index in [0.717, 1.165) is 0 Å². The number of rotatable bonds is 1. The third-order valence-electron chi connectivity index (χ3n) is 2.57. The Morgan fingerprint density at radius 1 is 1.17 bits per heavy atom. The average molecular weight is 299 g/mol. The Morgan fingerprint density at radius 2 is 1.61 bits per heavy atom. The zero-order valence-corrected chi connectivity index (χ0v) is 14.1. The average Bonchev–Trinajstić information content (AvgIpc) is 2.36. The Balaban J connectivity index is -0.0000000567. The van der Waals surface area contributed by atoms with Gasteiger partial charge in [0.05, 0.1) is 0 Å². The molecule has 18 heavy (non-hydrogen) atoms. The first kappa shape index (κ1) is 30.7. The molecular weight excluding hydrogens is 268 g/mol. The second kappa shape index (κ2) is 16.9. The zero-order valence-electron chi connectivity index (χ0n) is 12.5. The molecule has 103 valence electrons. The van der Waals surface area contributed by atoms with E-state index < -0.39 is 0 Å². The van der Waals surface area contributed by atoms with Crippen LogP contribution in [0.1, 0.15) is 34.6 Å². The maximum absolute atomic E-state index is 3.46. The topological polar surface area (TPSA) is 0 Å². The summed E-state index contributed by atoms with van der Waals surface area (Å²) in [5.41, 5.74) is 4.25. The summed E-state index contributed by atoms with van der Waals surface area (Å²) in [5.74, 6) is 0.560. The minimum atomic E-state index is 0. The summed E-state index contributed by atoms with van der Waals surface area (Å²) in [6.07, 6.45) is 8.94. The fourth-order valence-electron chi connectivity index (χ4n) is 1.30. The second-order valence-corrected chi connectivity index (χ2v) is 3.56. The molecule has 0 heterocycles. The fourth-order valence-corrected chi connectivity index (χ4v) is 1.30. The first-order valence-corrected chi connectivity index (χ1v) is 5.06. The summed E-state index contributed by atoms with van der Waals surface area (Å²) in [6, 6.07) is 0. The van der Waals surface area contributed by atoms with Crippen molar-refractivity contribution in [1.29, 1.82) is 0 Å². The van der Waals surface area contributed by atoms with Gasteiger partial charge in [-0.15, -0.1) is 6.92 Å². The van der Waals surface area contributed by atoms with E-state index in [0.29, 0.717) is 5.92 Å². The van der Waals surface area contributed by atoms with E-state index in [9.17, 15) is 0 Å². The van der Waals surface area contributed by atoms with Crippen molar-refractivity contribution in [3.63, 3.8) is 0 Å². The first-order valence-electron chi connectivity index (χ1n) is 5.06. The summed E-state index contributed by atoms with van der Waals surface area (Å²) < 4.78 is 0. The zero-order chi connectivity index (χ0) is 11.1. The standard InChI is InChI=1S/C9H13.C5H8.2CH3.H4Si.Ti/c1-6-5-7(2)9(4)8(6)3;1-3-5-4-2;;;;/h6H,1-4H3;3-5H,1H2,2H3;2*1H3;1H4;/q-1;;2*-1;;+3. The van der Waals surface area contributed by atoms with Crippen LogP contribution >= 0.6 is 0 Å². The van der Waals surface area contributed by atoms with Gasteiger partial charge >= 0.3 is 21.7 Å². The molecule has 0 saturated heterocycles. The molecule has 0 amide bonds. The quantitative estimate of drug-likeness (QED) is 0.391. The predicted octanol–water partition coefficient (Wildman–Crippen LogP) is 3.92. The molecule has 0 spiro atoms. The Morgan fingerprint density at radius 3 is 1.67 bits per heavy atom. The van der Waals surface area contributed by atoms with E-state index in [4.69, 9.17) is 0 Å². The van der Waals surface area contributed by atoms with Gasteiger partial charge in [0.25, 0.3) is 0 Å². The maximum atomic E-state index is 3.46. The van der Waals surface area contributed by atoms with Crippen LogP contribution in [0.5, 0.6) is 0 Å². The van der Waals surface area contributed by atoms with Crippen molar-refractivity contribution >= 4 is 11.0 Å². The van der Waals surface area contributed by atoms with Gasteiger partial charge in [-0.2, -0.15) is 11.1 Å². The Hall–Kier alpha value is -0.109. The monoisotopic (exact) mass is 299 g/mol. The van der Waals surface area contributed by atoms with Gasteiger partial charge in [0.15, 0.2) is 0 Å². The molecule has 0 aromatic carbocycles. The first-order chi connectivity index (χ1) is 6.54. The van der Waals surface area contributed by atoms with Crippen molar-refractivity contribution in [3.8, 4) is 0 Å². The van der Waals surface area contributed by atoms with Crippen LogP contribution in [0.2, 0.25) is 0 Å². The van der Waals surface area contributed by atoms with E-state index in [1.165, 1.54) is 16.7 Å². The van der Waals surface area contributed by atoms with E-state index in [-0.39, 0.29) is 47.5 Å². The third kappa shape index (κ3) is 11.0. The molecule has 1 unspecified atom stereocenters.